The smallest absolute Gasteiger partial charge is 0.240 e. The van der Waals surface area contributed by atoms with Crippen molar-refractivity contribution >= 4 is 33.2 Å². The van der Waals surface area contributed by atoms with Crippen LogP contribution >= 0.6 is 11.6 Å². The first-order valence-electron chi connectivity index (χ1n) is 9.05. The molecule has 0 bridgehead atoms. The minimum absolute atomic E-state index is 0.129. The third-order valence-corrected chi connectivity index (χ3v) is 5.62. The molecule has 0 atom stereocenters. The summed E-state index contributed by atoms with van der Waals surface area (Å²) in [6, 6.07) is 11.8. The van der Waals surface area contributed by atoms with Gasteiger partial charge in [-0.15, -0.1) is 10.2 Å². The number of aliphatic imine (C=N–C) groups is 1. The van der Waals surface area contributed by atoms with Crippen LogP contribution in [-0.4, -0.2) is 48.6 Å². The number of halogens is 1. The van der Waals surface area contributed by atoms with Crippen molar-refractivity contribution in [1.82, 2.24) is 30.0 Å². The molecule has 1 aromatic carbocycles. The first kappa shape index (κ1) is 21.0. The molecule has 0 saturated carbocycles. The fraction of sp³-hybridized carbons (Fsp3) is 0.278. The van der Waals surface area contributed by atoms with Crippen LogP contribution in [0.4, 0.5) is 0 Å². The fourth-order valence-corrected chi connectivity index (χ4v) is 3.91. The summed E-state index contributed by atoms with van der Waals surface area (Å²) in [6.45, 7) is 3.49. The highest BCUT2D eigenvalue weighted by Crippen LogP contribution is 2.14. The SMILES string of the molecule is CCNC(=NCc1nnc2ccccn12)NCCNS(=O)(=O)c1cccc(Cl)c1. The van der Waals surface area contributed by atoms with Crippen LogP contribution in [0.1, 0.15) is 12.7 Å². The molecule has 0 radical (unpaired) electrons. The zero-order chi connectivity index (χ0) is 20.7. The summed E-state index contributed by atoms with van der Waals surface area (Å²) >= 11 is 5.86. The number of rotatable bonds is 8. The maximum atomic E-state index is 12.3. The van der Waals surface area contributed by atoms with Crippen molar-refractivity contribution in [3.8, 4) is 0 Å². The first-order chi connectivity index (χ1) is 14.0. The van der Waals surface area contributed by atoms with E-state index in [1.165, 1.54) is 12.1 Å². The molecular formula is C18H22ClN7O2S. The molecule has 0 spiro atoms. The van der Waals surface area contributed by atoms with Crippen molar-refractivity contribution in [1.29, 1.82) is 0 Å². The maximum Gasteiger partial charge on any atom is 0.240 e. The van der Waals surface area contributed by atoms with Crippen LogP contribution in [0.25, 0.3) is 5.65 Å². The lowest BCUT2D eigenvalue weighted by molar-refractivity contribution is 0.580. The van der Waals surface area contributed by atoms with Gasteiger partial charge in [0, 0.05) is 30.9 Å². The van der Waals surface area contributed by atoms with E-state index in [0.29, 0.717) is 36.4 Å². The third-order valence-electron chi connectivity index (χ3n) is 3.92. The number of pyridine rings is 1. The van der Waals surface area contributed by atoms with Crippen molar-refractivity contribution in [2.24, 2.45) is 4.99 Å². The second kappa shape index (κ2) is 9.68. The van der Waals surface area contributed by atoms with Gasteiger partial charge in [0.1, 0.15) is 6.54 Å². The van der Waals surface area contributed by atoms with E-state index in [1.807, 2.05) is 35.7 Å². The van der Waals surface area contributed by atoms with Gasteiger partial charge in [0.15, 0.2) is 17.4 Å². The molecule has 0 fully saturated rings. The number of nitrogens with zero attached hydrogens (tertiary/aromatic N) is 4. The Balaban J connectivity index is 1.56. The minimum atomic E-state index is -3.62. The van der Waals surface area contributed by atoms with Gasteiger partial charge in [-0.1, -0.05) is 23.7 Å². The Morgan fingerprint density at radius 1 is 1.14 bits per heavy atom. The van der Waals surface area contributed by atoms with E-state index in [0.717, 1.165) is 5.65 Å². The van der Waals surface area contributed by atoms with Crippen LogP contribution in [0.15, 0.2) is 58.5 Å². The van der Waals surface area contributed by atoms with E-state index in [-0.39, 0.29) is 11.4 Å². The number of hydrogen-bond acceptors (Lipinski definition) is 5. The molecule has 3 rings (SSSR count). The monoisotopic (exact) mass is 435 g/mol. The summed E-state index contributed by atoms with van der Waals surface area (Å²) in [4.78, 5) is 4.62. The molecule has 3 aromatic rings. The lowest BCUT2D eigenvalue weighted by Gasteiger charge is -2.12. The second-order valence-electron chi connectivity index (χ2n) is 6.02. The van der Waals surface area contributed by atoms with Crippen LogP contribution in [0.5, 0.6) is 0 Å². The zero-order valence-electron chi connectivity index (χ0n) is 15.8. The number of sulfonamides is 1. The Hall–Kier alpha value is -2.69. The number of hydrogen-bond donors (Lipinski definition) is 3. The Morgan fingerprint density at radius 3 is 2.79 bits per heavy atom. The number of aromatic nitrogens is 3. The molecule has 154 valence electrons. The highest BCUT2D eigenvalue weighted by molar-refractivity contribution is 7.89. The highest BCUT2D eigenvalue weighted by Gasteiger charge is 2.13. The van der Waals surface area contributed by atoms with Crippen LogP contribution in [0, 0.1) is 0 Å². The maximum absolute atomic E-state index is 12.3. The molecular weight excluding hydrogens is 414 g/mol. The highest BCUT2D eigenvalue weighted by atomic mass is 35.5. The van der Waals surface area contributed by atoms with E-state index >= 15 is 0 Å². The van der Waals surface area contributed by atoms with Gasteiger partial charge in [-0.25, -0.2) is 18.1 Å². The van der Waals surface area contributed by atoms with E-state index < -0.39 is 10.0 Å². The first-order valence-corrected chi connectivity index (χ1v) is 10.9. The normalized spacial score (nSPS) is 12.3. The van der Waals surface area contributed by atoms with Gasteiger partial charge in [-0.3, -0.25) is 4.40 Å². The summed E-state index contributed by atoms with van der Waals surface area (Å²) in [6.07, 6.45) is 1.88. The Kier molecular flexibility index (Phi) is 7.02. The Morgan fingerprint density at radius 2 is 2.00 bits per heavy atom. The Labute approximate surface area is 174 Å². The average Bonchev–Trinajstić information content (AvgIpc) is 3.12. The standard InChI is InChI=1S/C18H22ClN7O2S/c1-2-20-18(22-13-17-25-24-16-8-3-4-11-26(16)17)21-9-10-23-29(27,28)15-7-5-6-14(19)12-15/h3-8,11-12,23H,2,9-10,13H2,1H3,(H2,20,21,22). The Bertz CT molecular complexity index is 1100. The molecule has 0 aliphatic carbocycles. The van der Waals surface area contributed by atoms with Crippen LogP contribution in [-0.2, 0) is 16.6 Å². The van der Waals surface area contributed by atoms with Gasteiger partial charge in [0.25, 0.3) is 0 Å². The number of nitrogens with one attached hydrogen (secondary N) is 3. The zero-order valence-corrected chi connectivity index (χ0v) is 17.4. The van der Waals surface area contributed by atoms with Crippen LogP contribution in [0.2, 0.25) is 5.02 Å². The van der Waals surface area contributed by atoms with E-state index in [2.05, 4.69) is 30.5 Å². The third kappa shape index (κ3) is 5.66. The van der Waals surface area contributed by atoms with Gasteiger partial charge in [-0.05, 0) is 37.3 Å². The van der Waals surface area contributed by atoms with E-state index in [4.69, 9.17) is 11.6 Å². The molecule has 0 amide bonds. The lowest BCUT2D eigenvalue weighted by atomic mass is 10.4. The summed E-state index contributed by atoms with van der Waals surface area (Å²) < 4.78 is 29.0. The van der Waals surface area contributed by atoms with Crippen molar-refractivity contribution in [3.63, 3.8) is 0 Å². The average molecular weight is 436 g/mol. The van der Waals surface area contributed by atoms with Crippen molar-refractivity contribution in [2.75, 3.05) is 19.6 Å². The van der Waals surface area contributed by atoms with Gasteiger partial charge < -0.3 is 10.6 Å². The summed E-state index contributed by atoms with van der Waals surface area (Å²) in [7, 11) is -3.62. The summed E-state index contributed by atoms with van der Waals surface area (Å²) in [5.41, 5.74) is 0.756. The molecule has 3 N–H and O–H groups in total. The lowest BCUT2D eigenvalue weighted by Crippen LogP contribution is -2.41. The van der Waals surface area contributed by atoms with Crippen molar-refractivity contribution < 1.29 is 8.42 Å². The van der Waals surface area contributed by atoms with Gasteiger partial charge in [0.2, 0.25) is 10.0 Å². The molecule has 0 aliphatic rings. The molecule has 2 aromatic heterocycles. The molecule has 0 aliphatic heterocycles. The molecule has 2 heterocycles. The van der Waals surface area contributed by atoms with Crippen molar-refractivity contribution in [2.45, 2.75) is 18.4 Å². The van der Waals surface area contributed by atoms with Crippen LogP contribution < -0.4 is 15.4 Å². The molecule has 9 nitrogen and oxygen atoms in total. The molecule has 29 heavy (non-hydrogen) atoms. The molecule has 11 heteroatoms. The largest absolute Gasteiger partial charge is 0.357 e. The van der Waals surface area contributed by atoms with Gasteiger partial charge in [-0.2, -0.15) is 0 Å². The van der Waals surface area contributed by atoms with Gasteiger partial charge in [0.05, 0.1) is 4.90 Å². The van der Waals surface area contributed by atoms with Gasteiger partial charge >= 0.3 is 0 Å². The van der Waals surface area contributed by atoms with Crippen molar-refractivity contribution in [3.05, 3.63) is 59.5 Å². The quantitative estimate of drug-likeness (QED) is 0.280. The number of benzene rings is 1. The second-order valence-corrected chi connectivity index (χ2v) is 8.23. The topological polar surface area (TPSA) is 113 Å². The molecule has 0 saturated heterocycles. The number of guanidine groups is 1. The fourth-order valence-electron chi connectivity index (χ4n) is 2.57. The van der Waals surface area contributed by atoms with E-state index in [9.17, 15) is 8.42 Å². The summed E-state index contributed by atoms with van der Waals surface area (Å²) in [5, 5.41) is 14.8. The number of fused-ring (bicyclic) bond motifs is 1. The van der Waals surface area contributed by atoms with Crippen LogP contribution in [0.3, 0.4) is 0 Å². The predicted octanol–water partition coefficient (Wildman–Crippen LogP) is 1.42. The van der Waals surface area contributed by atoms with E-state index in [1.54, 1.807) is 12.1 Å². The predicted molar refractivity (Wildman–Crippen MR) is 112 cm³/mol. The summed E-state index contributed by atoms with van der Waals surface area (Å²) in [5.74, 6) is 1.27. The molecule has 0 unspecified atom stereocenters. The minimum Gasteiger partial charge on any atom is -0.357 e.